The fourth-order valence-electron chi connectivity index (χ4n) is 0.916. The lowest BCUT2D eigenvalue weighted by molar-refractivity contribution is 0.297. The summed E-state index contributed by atoms with van der Waals surface area (Å²) in [5.41, 5.74) is 6.08. The second-order valence-corrected chi connectivity index (χ2v) is 3.67. The highest BCUT2D eigenvalue weighted by Crippen LogP contribution is 2.20. The third-order valence-corrected chi connectivity index (χ3v) is 2.24. The van der Waals surface area contributed by atoms with Gasteiger partial charge in [-0.3, -0.25) is 4.98 Å². The Morgan fingerprint density at radius 1 is 1.40 bits per heavy atom. The fraction of sp³-hybridized carbons (Fsp3) is 0.125. The summed E-state index contributed by atoms with van der Waals surface area (Å²) >= 11 is 1.17. The molecule has 2 aromatic rings. The lowest BCUT2D eigenvalue weighted by atomic mass is 10.3. The minimum atomic E-state index is 0.124. The number of nitrogens with two attached hydrogens (primary N) is 1. The van der Waals surface area contributed by atoms with Gasteiger partial charge in [-0.15, -0.1) is 5.10 Å². The Balaban J connectivity index is 1.96. The maximum Gasteiger partial charge on any atom is 0.296 e. The molecule has 0 saturated heterocycles. The van der Waals surface area contributed by atoms with Crippen LogP contribution < -0.4 is 10.5 Å². The van der Waals surface area contributed by atoms with Crippen LogP contribution in [0.5, 0.6) is 10.9 Å². The summed E-state index contributed by atoms with van der Waals surface area (Å²) in [6, 6.07) is 3.21. The van der Waals surface area contributed by atoms with Gasteiger partial charge >= 0.3 is 0 Å². The van der Waals surface area contributed by atoms with E-state index < -0.39 is 0 Å². The third kappa shape index (κ3) is 2.53. The van der Waals surface area contributed by atoms with Crippen molar-refractivity contribution in [3.63, 3.8) is 0 Å². The van der Waals surface area contributed by atoms with Crippen molar-refractivity contribution in [3.05, 3.63) is 24.0 Å². The first-order valence-corrected chi connectivity index (χ1v) is 4.91. The third-order valence-electron chi connectivity index (χ3n) is 1.57. The summed E-state index contributed by atoms with van der Waals surface area (Å²) in [5.74, 6) is 0.124. The van der Waals surface area contributed by atoms with Gasteiger partial charge in [0, 0.05) is 0 Å². The number of anilines is 1. The molecule has 0 fully saturated rings. The molecular weight excluding hydrogens is 216 g/mol. The number of aromatic hydroxyl groups is 1. The molecule has 2 rings (SSSR count). The molecule has 0 aromatic carbocycles. The number of nitrogen functional groups attached to an aromatic ring is 1. The van der Waals surface area contributed by atoms with Crippen molar-refractivity contribution in [2.45, 2.75) is 6.61 Å². The molecule has 7 heteroatoms. The Bertz CT molecular complexity index is 442. The smallest absolute Gasteiger partial charge is 0.296 e. The summed E-state index contributed by atoms with van der Waals surface area (Å²) in [5, 5.41) is 17.1. The van der Waals surface area contributed by atoms with E-state index in [4.69, 9.17) is 15.6 Å². The maximum absolute atomic E-state index is 9.01. The SMILES string of the molecule is Nc1nnc(OCc2ccc(O)cn2)s1. The molecule has 6 nitrogen and oxygen atoms in total. The van der Waals surface area contributed by atoms with E-state index in [1.807, 2.05) is 0 Å². The topological polar surface area (TPSA) is 94.2 Å². The van der Waals surface area contributed by atoms with Crippen molar-refractivity contribution in [2.75, 3.05) is 5.73 Å². The summed E-state index contributed by atoms with van der Waals surface area (Å²) < 4.78 is 5.27. The van der Waals surface area contributed by atoms with E-state index in [1.165, 1.54) is 17.5 Å². The normalized spacial score (nSPS) is 10.1. The lowest BCUT2D eigenvalue weighted by Crippen LogP contribution is -1.97. The number of hydrogen-bond donors (Lipinski definition) is 2. The number of aromatic nitrogens is 3. The van der Waals surface area contributed by atoms with Crippen LogP contribution >= 0.6 is 11.3 Å². The second kappa shape index (κ2) is 4.09. The van der Waals surface area contributed by atoms with E-state index in [1.54, 1.807) is 12.1 Å². The van der Waals surface area contributed by atoms with Gasteiger partial charge in [0.2, 0.25) is 5.13 Å². The largest absolute Gasteiger partial charge is 0.506 e. The second-order valence-electron chi connectivity index (χ2n) is 2.70. The van der Waals surface area contributed by atoms with Crippen molar-refractivity contribution in [2.24, 2.45) is 0 Å². The maximum atomic E-state index is 9.01. The standard InChI is InChI=1S/C8H8N4O2S/c9-7-11-12-8(15-7)14-4-5-1-2-6(13)3-10-5/h1-3,13H,4H2,(H2,9,11). The Kier molecular flexibility index (Phi) is 2.64. The van der Waals surface area contributed by atoms with Gasteiger partial charge in [-0.2, -0.15) is 0 Å². The Morgan fingerprint density at radius 3 is 2.87 bits per heavy atom. The molecule has 0 saturated carbocycles. The first kappa shape index (κ1) is 9.66. The van der Waals surface area contributed by atoms with Crippen LogP contribution in [0.25, 0.3) is 0 Å². The number of hydrogen-bond acceptors (Lipinski definition) is 7. The average Bonchev–Trinajstić information content (AvgIpc) is 2.64. The van der Waals surface area contributed by atoms with Crippen LogP contribution in [0.2, 0.25) is 0 Å². The van der Waals surface area contributed by atoms with E-state index >= 15 is 0 Å². The molecular formula is C8H8N4O2S. The van der Waals surface area contributed by atoms with E-state index in [9.17, 15) is 0 Å². The van der Waals surface area contributed by atoms with Gasteiger partial charge < -0.3 is 15.6 Å². The summed E-state index contributed by atoms with van der Waals surface area (Å²) in [4.78, 5) is 3.95. The molecule has 3 N–H and O–H groups in total. The molecule has 2 aromatic heterocycles. The average molecular weight is 224 g/mol. The van der Waals surface area contributed by atoms with Crippen molar-refractivity contribution in [1.82, 2.24) is 15.2 Å². The molecule has 0 atom stereocenters. The monoisotopic (exact) mass is 224 g/mol. The number of pyridine rings is 1. The zero-order valence-corrected chi connectivity index (χ0v) is 8.44. The quantitative estimate of drug-likeness (QED) is 0.800. The molecule has 0 aliphatic heterocycles. The van der Waals surface area contributed by atoms with Gasteiger partial charge in [0.1, 0.15) is 12.4 Å². The number of rotatable bonds is 3. The molecule has 0 amide bonds. The predicted octanol–water partition coefficient (Wildman–Crippen LogP) is 0.800. The molecule has 0 unspecified atom stereocenters. The van der Waals surface area contributed by atoms with Crippen LogP contribution in [0, 0.1) is 0 Å². The van der Waals surface area contributed by atoms with Gasteiger partial charge in [0.15, 0.2) is 0 Å². The molecule has 2 heterocycles. The van der Waals surface area contributed by atoms with Gasteiger partial charge in [0.05, 0.1) is 11.9 Å². The number of ether oxygens (including phenoxy) is 1. The molecule has 0 aliphatic carbocycles. The molecule has 78 valence electrons. The van der Waals surface area contributed by atoms with Crippen molar-refractivity contribution < 1.29 is 9.84 Å². The van der Waals surface area contributed by atoms with E-state index in [0.717, 1.165) is 0 Å². The Morgan fingerprint density at radius 2 is 2.27 bits per heavy atom. The predicted molar refractivity (Wildman–Crippen MR) is 54.6 cm³/mol. The van der Waals surface area contributed by atoms with Gasteiger partial charge in [-0.05, 0) is 23.5 Å². The number of nitrogens with zero attached hydrogens (tertiary/aromatic N) is 3. The van der Waals surface area contributed by atoms with Crippen molar-refractivity contribution in [1.29, 1.82) is 0 Å². The summed E-state index contributed by atoms with van der Waals surface area (Å²) in [7, 11) is 0. The molecule has 0 aliphatic rings. The summed E-state index contributed by atoms with van der Waals surface area (Å²) in [6.45, 7) is 0.273. The highest BCUT2D eigenvalue weighted by Gasteiger charge is 2.02. The molecule has 0 bridgehead atoms. The van der Waals surface area contributed by atoms with Crippen LogP contribution in [0.4, 0.5) is 5.13 Å². The highest BCUT2D eigenvalue weighted by molar-refractivity contribution is 7.16. The first-order valence-electron chi connectivity index (χ1n) is 4.10. The molecule has 15 heavy (non-hydrogen) atoms. The highest BCUT2D eigenvalue weighted by atomic mass is 32.1. The van der Waals surface area contributed by atoms with E-state index in [-0.39, 0.29) is 12.4 Å². The van der Waals surface area contributed by atoms with Gasteiger partial charge in [0.25, 0.3) is 5.19 Å². The Hall–Kier alpha value is -1.89. The van der Waals surface area contributed by atoms with Crippen LogP contribution in [0.3, 0.4) is 0 Å². The fourth-order valence-corrected chi connectivity index (χ4v) is 1.38. The lowest BCUT2D eigenvalue weighted by Gasteiger charge is -2.00. The van der Waals surface area contributed by atoms with Crippen LogP contribution in [-0.4, -0.2) is 20.3 Å². The minimum Gasteiger partial charge on any atom is -0.506 e. The zero-order chi connectivity index (χ0) is 10.7. The summed E-state index contributed by atoms with van der Waals surface area (Å²) in [6.07, 6.45) is 1.35. The van der Waals surface area contributed by atoms with Crippen molar-refractivity contribution >= 4 is 16.5 Å². The first-order chi connectivity index (χ1) is 7.24. The van der Waals surface area contributed by atoms with E-state index in [0.29, 0.717) is 16.0 Å². The zero-order valence-electron chi connectivity index (χ0n) is 7.62. The van der Waals surface area contributed by atoms with Gasteiger partial charge in [-0.1, -0.05) is 5.10 Å². The minimum absolute atomic E-state index is 0.124. The van der Waals surface area contributed by atoms with Crippen LogP contribution in [0.15, 0.2) is 18.3 Å². The van der Waals surface area contributed by atoms with Crippen molar-refractivity contribution in [3.8, 4) is 10.9 Å². The molecule has 0 radical (unpaired) electrons. The Labute approximate surface area is 89.4 Å². The van der Waals surface area contributed by atoms with E-state index in [2.05, 4.69) is 15.2 Å². The molecule has 0 spiro atoms. The van der Waals surface area contributed by atoms with Crippen LogP contribution in [0.1, 0.15) is 5.69 Å². The van der Waals surface area contributed by atoms with Gasteiger partial charge in [-0.25, -0.2) is 0 Å². The van der Waals surface area contributed by atoms with Crippen LogP contribution in [-0.2, 0) is 6.61 Å².